The first-order chi connectivity index (χ1) is 52.4. The van der Waals surface area contributed by atoms with Gasteiger partial charge in [0.15, 0.2) is 46.0 Å². The van der Waals surface area contributed by atoms with Crippen LogP contribution in [0.4, 0.5) is 68.2 Å². The van der Waals surface area contributed by atoms with Crippen molar-refractivity contribution in [2.45, 2.75) is 19.6 Å². The van der Waals surface area contributed by atoms with E-state index in [9.17, 15) is 0 Å². The number of benzene rings is 16. The monoisotopic (exact) mass is 1380 g/mol. The van der Waals surface area contributed by atoms with Gasteiger partial charge in [0.2, 0.25) is 0 Å². The van der Waals surface area contributed by atoms with Gasteiger partial charge >= 0.3 is 0 Å². The Hall–Kier alpha value is -13.9. The normalized spacial score (nSPS) is 14.5. The fourth-order valence-electron chi connectivity index (χ4n) is 17.2. The molecule has 0 amide bonds. The first-order valence-corrected chi connectivity index (χ1v) is 37.6. The number of nitrogens with zero attached hydrogens (tertiary/aromatic N) is 4. The van der Waals surface area contributed by atoms with Crippen LogP contribution in [0, 0.1) is 0 Å². The fraction of sp³-hybridized carbons (Fsp3) is 0. The molecule has 0 fully saturated rings. The molecule has 16 aromatic rings. The van der Waals surface area contributed by atoms with Crippen LogP contribution < -0.4 is 38.5 Å². The average Bonchev–Trinajstić information content (AvgIpc) is 1.46. The van der Waals surface area contributed by atoms with Crippen LogP contribution in [0.5, 0.6) is 46.0 Å². The second-order valence-corrected chi connectivity index (χ2v) is 31.0. The van der Waals surface area contributed by atoms with Crippen molar-refractivity contribution in [3.05, 3.63) is 364 Å². The van der Waals surface area contributed by atoms with Gasteiger partial charge in [0, 0.05) is 73.7 Å². The zero-order chi connectivity index (χ0) is 69.8. The average molecular weight is 1380 g/mol. The van der Waals surface area contributed by atoms with Gasteiger partial charge in [0.1, 0.15) is 0 Å². The van der Waals surface area contributed by atoms with Gasteiger partial charge < -0.3 is 38.5 Å². The SMILES string of the molecule is O=S12(c3cccc(-c4ccc(N5c6ccccc6Oc6ccccc65)cc4)c3-c3c(-c4ccc(N5c6ccccc6Oc6ccccc65)cc4)cccc31)c1cccc(-c3ccc(N4c5ccccc5Oc5ccccc54)cc3)c1-c1c(-c3ccc(N4c5ccccc5Oc5ccccc54)cc3)cccc12. The number of hydrogen-bond acceptors (Lipinski definition) is 9. The standard InChI is InChI=1S/C96H60N4O5S/c101-106(89-41-17-21-69(61-45-53-65(54-46-61)97-73-25-1-9-33-81(73)102-82-34-10-2-26-74(82)97)93(89)94-70(22-18-42-90(94)106)62-47-55-66(56-48-62)98-75-27-3-11-35-83(75)103-84-36-12-4-28-76(84)98)91-43-19-23-71(63-49-57-67(58-50-63)99-77-29-5-13-37-85(77)104-86-38-14-6-30-78(86)99)95(91)96-72(24-20-44-92(96)106)64-51-59-68(60-52-64)100-79-31-7-15-39-87(79)105-88-40-16-8-32-80(88)100/h1-60H. The molecule has 10 heteroatoms. The third-order valence-electron chi connectivity index (χ3n) is 21.8. The predicted molar refractivity (Wildman–Crippen MR) is 426 cm³/mol. The van der Waals surface area contributed by atoms with Crippen LogP contribution in [0.2, 0.25) is 0 Å². The number of fused-ring (bicyclic) bond motifs is 18. The molecule has 6 heterocycles. The Labute approximate surface area is 612 Å². The summed E-state index contributed by atoms with van der Waals surface area (Å²) in [4.78, 5) is 12.2. The maximum absolute atomic E-state index is 19.9. The zero-order valence-electron chi connectivity index (χ0n) is 56.9. The van der Waals surface area contributed by atoms with Crippen molar-refractivity contribution in [2.75, 3.05) is 19.6 Å². The summed E-state index contributed by atoms with van der Waals surface area (Å²) in [5.41, 5.74) is 23.1. The van der Waals surface area contributed by atoms with Crippen LogP contribution in [0.3, 0.4) is 0 Å². The summed E-state index contributed by atoms with van der Waals surface area (Å²) < 4.78 is 45.9. The zero-order valence-corrected chi connectivity index (χ0v) is 57.7. The van der Waals surface area contributed by atoms with Crippen LogP contribution in [0.25, 0.3) is 66.8 Å². The largest absolute Gasteiger partial charge is 0.453 e. The Morgan fingerprint density at radius 3 is 0.528 bits per heavy atom. The minimum absolute atomic E-state index is 0.768. The van der Waals surface area contributed by atoms with Crippen molar-refractivity contribution >= 4 is 77.3 Å². The molecule has 0 saturated carbocycles. The lowest BCUT2D eigenvalue weighted by Crippen LogP contribution is -2.30. The van der Waals surface area contributed by atoms with Gasteiger partial charge in [-0.3, -0.25) is 4.21 Å². The van der Waals surface area contributed by atoms with Crippen molar-refractivity contribution < 1.29 is 23.2 Å². The van der Waals surface area contributed by atoms with E-state index in [-0.39, 0.29) is 0 Å². The minimum Gasteiger partial charge on any atom is -0.453 e. The van der Waals surface area contributed by atoms with E-state index in [2.05, 4.69) is 287 Å². The Morgan fingerprint density at radius 2 is 0.349 bits per heavy atom. The third kappa shape index (κ3) is 8.49. The van der Waals surface area contributed by atoms with Crippen molar-refractivity contribution in [2.24, 2.45) is 0 Å². The topological polar surface area (TPSA) is 67.0 Å². The molecule has 0 atom stereocenters. The number of rotatable bonds is 8. The van der Waals surface area contributed by atoms with Crippen LogP contribution >= 0.6 is 0 Å². The van der Waals surface area contributed by atoms with E-state index in [1.165, 1.54) is 0 Å². The molecule has 0 unspecified atom stereocenters. The van der Waals surface area contributed by atoms with E-state index in [0.29, 0.717) is 0 Å². The second-order valence-electron chi connectivity index (χ2n) is 27.3. The molecule has 16 aromatic carbocycles. The number of anilines is 12. The summed E-state index contributed by atoms with van der Waals surface area (Å²) in [5.74, 6) is 6.27. The summed E-state index contributed by atoms with van der Waals surface area (Å²) in [5, 5.41) is 0. The number of hydrogen-bond donors (Lipinski definition) is 0. The molecular formula is C96H60N4O5S. The van der Waals surface area contributed by atoms with E-state index < -0.39 is 9.07 Å². The highest BCUT2D eigenvalue weighted by Crippen LogP contribution is 2.75. The summed E-state index contributed by atoms with van der Waals surface area (Å²) in [6.45, 7) is 0. The highest BCUT2D eigenvalue weighted by Gasteiger charge is 2.59. The van der Waals surface area contributed by atoms with Gasteiger partial charge in [-0.05, 0) is 214 Å². The van der Waals surface area contributed by atoms with E-state index >= 15 is 4.21 Å². The first-order valence-electron chi connectivity index (χ1n) is 35.7. The highest BCUT2D eigenvalue weighted by molar-refractivity contribution is 8.21. The van der Waals surface area contributed by atoms with E-state index in [0.717, 1.165) is 201 Å². The predicted octanol–water partition coefficient (Wildman–Crippen LogP) is 27.0. The van der Waals surface area contributed by atoms with Gasteiger partial charge in [-0.1, -0.05) is 194 Å². The molecule has 0 saturated heterocycles. The first kappa shape index (κ1) is 59.7. The maximum Gasteiger partial charge on any atom is 0.151 e. The minimum atomic E-state index is -4.75. The van der Waals surface area contributed by atoms with Gasteiger partial charge in [-0.15, -0.1) is 0 Å². The molecule has 0 bridgehead atoms. The molecular weight excluding hydrogens is 1320 g/mol. The van der Waals surface area contributed by atoms with Gasteiger partial charge in [0.05, 0.1) is 45.5 Å². The molecule has 0 aliphatic carbocycles. The molecule has 0 aromatic heterocycles. The second kappa shape index (κ2) is 22.8. The molecule has 6 aliphatic rings. The maximum atomic E-state index is 19.9. The van der Waals surface area contributed by atoms with Crippen molar-refractivity contribution in [1.82, 2.24) is 0 Å². The Morgan fingerprint density at radius 1 is 0.179 bits per heavy atom. The van der Waals surface area contributed by atoms with Crippen LogP contribution in [0.1, 0.15) is 0 Å². The van der Waals surface area contributed by atoms with Crippen molar-refractivity contribution in [3.8, 4) is 113 Å². The summed E-state index contributed by atoms with van der Waals surface area (Å²) in [6, 6.07) is 127. The number of ether oxygens (including phenoxy) is 4. The highest BCUT2D eigenvalue weighted by atomic mass is 32.3. The van der Waals surface area contributed by atoms with Gasteiger partial charge in [-0.25, -0.2) is 0 Å². The van der Waals surface area contributed by atoms with Crippen molar-refractivity contribution in [1.29, 1.82) is 0 Å². The molecule has 22 rings (SSSR count). The smallest absolute Gasteiger partial charge is 0.151 e. The van der Waals surface area contributed by atoms with E-state index in [4.69, 9.17) is 18.9 Å². The Kier molecular flexibility index (Phi) is 12.8. The number of para-hydroxylation sites is 16. The molecule has 6 aliphatic heterocycles. The van der Waals surface area contributed by atoms with Crippen molar-refractivity contribution in [3.63, 3.8) is 0 Å². The summed E-state index contributed by atoms with van der Waals surface area (Å²) in [7, 11) is -4.75. The van der Waals surface area contributed by atoms with Crippen LogP contribution in [-0.4, -0.2) is 4.21 Å². The van der Waals surface area contributed by atoms with E-state index in [1.807, 2.05) is 97.1 Å². The lowest BCUT2D eigenvalue weighted by molar-refractivity contribution is 0.477. The fourth-order valence-corrected chi connectivity index (χ4v) is 22.4. The molecule has 0 radical (unpaired) electrons. The summed E-state index contributed by atoms with van der Waals surface area (Å²) in [6.07, 6.45) is 0. The Bertz CT molecular complexity index is 5490. The lowest BCUT2D eigenvalue weighted by Gasteiger charge is -2.39. The molecule has 0 N–H and O–H groups in total. The third-order valence-corrected chi connectivity index (χ3v) is 26.5. The Balaban J connectivity index is 0.773. The van der Waals surface area contributed by atoms with E-state index in [1.54, 1.807) is 0 Å². The quantitative estimate of drug-likeness (QED) is 0.148. The molecule has 500 valence electrons. The van der Waals surface area contributed by atoms with Gasteiger partial charge in [-0.2, -0.15) is 0 Å². The lowest BCUT2D eigenvalue weighted by atomic mass is 9.89. The molecule has 9 nitrogen and oxygen atoms in total. The van der Waals surface area contributed by atoms with Gasteiger partial charge in [0.25, 0.3) is 0 Å². The molecule has 1 spiro atoms. The molecule has 106 heavy (non-hydrogen) atoms. The van der Waals surface area contributed by atoms with Crippen LogP contribution in [0.15, 0.2) is 384 Å². The summed E-state index contributed by atoms with van der Waals surface area (Å²) >= 11 is 0. The van der Waals surface area contributed by atoms with Crippen LogP contribution in [-0.2, 0) is 9.07 Å².